The molecule has 0 fully saturated rings. The highest BCUT2D eigenvalue weighted by Gasteiger charge is 2.31. The first kappa shape index (κ1) is 22.3. The van der Waals surface area contributed by atoms with Gasteiger partial charge in [0.25, 0.3) is 5.91 Å². The topological polar surface area (TPSA) is 111 Å². The summed E-state index contributed by atoms with van der Waals surface area (Å²) in [6, 6.07) is 5.96. The highest BCUT2D eigenvalue weighted by atomic mass is 32.1. The Bertz CT molecular complexity index is 1010. The average Bonchev–Trinajstić information content (AvgIpc) is 3.15. The van der Waals surface area contributed by atoms with E-state index in [4.69, 9.17) is 9.47 Å². The number of benzene rings is 1. The van der Waals surface area contributed by atoms with Crippen LogP contribution in [0.3, 0.4) is 0 Å². The molecule has 1 aromatic heterocycles. The molecule has 0 unspecified atom stereocenters. The number of nitrogens with one attached hydrogen (secondary N) is 1. The zero-order chi connectivity index (χ0) is 22.5. The van der Waals surface area contributed by atoms with Crippen molar-refractivity contribution >= 4 is 40.3 Å². The Morgan fingerprint density at radius 1 is 1.03 bits per heavy atom. The molecule has 0 saturated carbocycles. The molecule has 1 N–H and O–H groups in total. The van der Waals surface area contributed by atoms with Gasteiger partial charge >= 0.3 is 18.0 Å². The molecule has 0 atom stereocenters. The second-order valence-electron chi connectivity index (χ2n) is 6.59. The van der Waals surface area contributed by atoms with Gasteiger partial charge in [-0.3, -0.25) is 4.79 Å². The van der Waals surface area contributed by atoms with Crippen molar-refractivity contribution in [1.29, 1.82) is 0 Å². The number of hydrogen-bond donors (Lipinski definition) is 1. The number of carbonyl (C=O) groups is 4. The molecule has 0 bridgehead atoms. The van der Waals surface area contributed by atoms with Crippen molar-refractivity contribution in [3.05, 3.63) is 51.4 Å². The fourth-order valence-electron chi connectivity index (χ4n) is 3.23. The molecular formula is C21H22N2O7S. The SMILES string of the molecule is CCOC(=O)N1CCc2c(sc(NC(=O)c3ccc(C(=O)OC)cc3)c2C(=O)OC)C1. The van der Waals surface area contributed by atoms with Crippen LogP contribution in [0.4, 0.5) is 9.80 Å². The molecule has 1 aliphatic rings. The van der Waals surface area contributed by atoms with Gasteiger partial charge in [-0.2, -0.15) is 0 Å². The minimum atomic E-state index is -0.557. The summed E-state index contributed by atoms with van der Waals surface area (Å²) in [5.41, 5.74) is 1.68. The molecule has 10 heteroatoms. The van der Waals surface area contributed by atoms with Crippen molar-refractivity contribution in [1.82, 2.24) is 4.90 Å². The number of anilines is 1. The fourth-order valence-corrected chi connectivity index (χ4v) is 4.48. The molecule has 0 radical (unpaired) electrons. The van der Waals surface area contributed by atoms with Crippen LogP contribution in [0, 0.1) is 0 Å². The number of thiophene rings is 1. The molecule has 9 nitrogen and oxygen atoms in total. The summed E-state index contributed by atoms with van der Waals surface area (Å²) in [4.78, 5) is 51.1. The number of amides is 2. The van der Waals surface area contributed by atoms with Crippen molar-refractivity contribution in [3.63, 3.8) is 0 Å². The maximum Gasteiger partial charge on any atom is 0.410 e. The third kappa shape index (κ3) is 4.69. The van der Waals surface area contributed by atoms with Crippen LogP contribution in [0.25, 0.3) is 0 Å². The minimum Gasteiger partial charge on any atom is -0.465 e. The molecule has 1 aliphatic heterocycles. The van der Waals surface area contributed by atoms with Crippen molar-refractivity contribution in [3.8, 4) is 0 Å². The van der Waals surface area contributed by atoms with Crippen LogP contribution in [0.1, 0.15) is 48.4 Å². The van der Waals surface area contributed by atoms with Crippen LogP contribution in [-0.2, 0) is 27.2 Å². The van der Waals surface area contributed by atoms with Crippen LogP contribution in [-0.4, -0.2) is 56.2 Å². The minimum absolute atomic E-state index is 0.274. The number of esters is 2. The van der Waals surface area contributed by atoms with Crippen molar-refractivity contribution in [2.24, 2.45) is 0 Å². The standard InChI is InChI=1S/C21H22N2O7S/c1-4-30-21(27)23-10-9-14-15(11-23)31-18(16(14)20(26)29-3)22-17(24)12-5-7-13(8-6-12)19(25)28-2/h5-8H,4,9-11H2,1-3H3,(H,22,24). The number of methoxy groups -OCH3 is 2. The number of carbonyl (C=O) groups excluding carboxylic acids is 4. The molecule has 0 saturated heterocycles. The number of hydrogen-bond acceptors (Lipinski definition) is 8. The number of fused-ring (bicyclic) bond motifs is 1. The van der Waals surface area contributed by atoms with Gasteiger partial charge in [-0.1, -0.05) is 0 Å². The van der Waals surface area contributed by atoms with Crippen molar-refractivity contribution < 1.29 is 33.4 Å². The molecule has 0 spiro atoms. The first-order valence-corrected chi connectivity index (χ1v) is 10.4. The Kier molecular flexibility index (Phi) is 6.91. The third-order valence-electron chi connectivity index (χ3n) is 4.77. The normalized spacial score (nSPS) is 12.5. The summed E-state index contributed by atoms with van der Waals surface area (Å²) < 4.78 is 14.6. The summed E-state index contributed by atoms with van der Waals surface area (Å²) in [6.07, 6.45) is 0.0242. The molecule has 2 amide bonds. The van der Waals surface area contributed by atoms with Crippen LogP contribution in [0.2, 0.25) is 0 Å². The second kappa shape index (κ2) is 9.61. The number of nitrogens with zero attached hydrogens (tertiary/aromatic N) is 1. The highest BCUT2D eigenvalue weighted by Crippen LogP contribution is 2.38. The van der Waals surface area contributed by atoms with Gasteiger partial charge in [-0.05, 0) is 43.2 Å². The average molecular weight is 446 g/mol. The van der Waals surface area contributed by atoms with Gasteiger partial charge in [0.1, 0.15) is 5.00 Å². The lowest BCUT2D eigenvalue weighted by molar-refractivity contribution is 0.0591. The Balaban J connectivity index is 1.85. The molecule has 0 aliphatic carbocycles. The lowest BCUT2D eigenvalue weighted by atomic mass is 10.0. The molecule has 31 heavy (non-hydrogen) atoms. The quantitative estimate of drug-likeness (QED) is 0.555. The molecule has 3 rings (SSSR count). The Labute approximate surface area is 182 Å². The molecular weight excluding hydrogens is 424 g/mol. The smallest absolute Gasteiger partial charge is 0.410 e. The molecule has 2 aromatic rings. The second-order valence-corrected chi connectivity index (χ2v) is 7.70. The lowest BCUT2D eigenvalue weighted by Crippen LogP contribution is -2.36. The molecule has 164 valence electrons. The van der Waals surface area contributed by atoms with Crippen molar-refractivity contribution in [2.75, 3.05) is 32.7 Å². The summed E-state index contributed by atoms with van der Waals surface area (Å²) in [5, 5.41) is 3.11. The van der Waals surface area contributed by atoms with E-state index in [-0.39, 0.29) is 13.2 Å². The van der Waals surface area contributed by atoms with Crippen LogP contribution >= 0.6 is 11.3 Å². The van der Waals surface area contributed by atoms with Crippen molar-refractivity contribution in [2.45, 2.75) is 19.9 Å². The van der Waals surface area contributed by atoms with Crippen LogP contribution < -0.4 is 5.32 Å². The predicted octanol–water partition coefficient (Wildman–Crippen LogP) is 3.09. The maximum absolute atomic E-state index is 12.7. The van der Waals surface area contributed by atoms with E-state index in [0.717, 1.165) is 10.4 Å². The third-order valence-corrected chi connectivity index (χ3v) is 5.90. The summed E-state index contributed by atoms with van der Waals surface area (Å²) in [6.45, 7) is 2.69. The highest BCUT2D eigenvalue weighted by molar-refractivity contribution is 7.17. The monoisotopic (exact) mass is 446 g/mol. The van der Waals surface area contributed by atoms with E-state index in [1.54, 1.807) is 11.8 Å². The van der Waals surface area contributed by atoms with E-state index >= 15 is 0 Å². The van der Waals surface area contributed by atoms with Crippen LogP contribution in [0.15, 0.2) is 24.3 Å². The van der Waals surface area contributed by atoms with Gasteiger partial charge in [-0.15, -0.1) is 11.3 Å². The van der Waals surface area contributed by atoms with E-state index in [2.05, 4.69) is 10.1 Å². The Morgan fingerprint density at radius 3 is 2.29 bits per heavy atom. The maximum atomic E-state index is 12.7. The fraction of sp³-hybridized carbons (Fsp3) is 0.333. The summed E-state index contributed by atoms with van der Waals surface area (Å²) in [5.74, 6) is -1.50. The van der Waals surface area contributed by atoms with Gasteiger partial charge in [0.05, 0.1) is 38.5 Å². The van der Waals surface area contributed by atoms with E-state index in [1.165, 1.54) is 49.8 Å². The molecule has 2 heterocycles. The zero-order valence-electron chi connectivity index (χ0n) is 17.4. The number of rotatable bonds is 5. The lowest BCUT2D eigenvalue weighted by Gasteiger charge is -2.26. The van der Waals surface area contributed by atoms with Gasteiger partial charge in [0.2, 0.25) is 0 Å². The van der Waals surface area contributed by atoms with Gasteiger partial charge in [0.15, 0.2) is 0 Å². The van der Waals surface area contributed by atoms with Gasteiger partial charge < -0.3 is 24.4 Å². The largest absolute Gasteiger partial charge is 0.465 e. The predicted molar refractivity (Wildman–Crippen MR) is 113 cm³/mol. The van der Waals surface area contributed by atoms with E-state index in [1.807, 2.05) is 0 Å². The van der Waals surface area contributed by atoms with E-state index in [9.17, 15) is 19.2 Å². The zero-order valence-corrected chi connectivity index (χ0v) is 18.2. The van der Waals surface area contributed by atoms with Gasteiger partial charge in [-0.25, -0.2) is 14.4 Å². The first-order chi connectivity index (χ1) is 14.9. The molecule has 1 aromatic carbocycles. The van der Waals surface area contributed by atoms with Crippen LogP contribution in [0.5, 0.6) is 0 Å². The van der Waals surface area contributed by atoms with E-state index in [0.29, 0.717) is 34.7 Å². The number of ether oxygens (including phenoxy) is 3. The summed E-state index contributed by atoms with van der Waals surface area (Å²) in [7, 11) is 2.55. The Hall–Kier alpha value is -3.40. The van der Waals surface area contributed by atoms with Gasteiger partial charge in [0, 0.05) is 17.0 Å². The summed E-state index contributed by atoms with van der Waals surface area (Å²) >= 11 is 1.22. The van der Waals surface area contributed by atoms with E-state index < -0.39 is 23.9 Å². The Morgan fingerprint density at radius 2 is 1.68 bits per heavy atom. The first-order valence-electron chi connectivity index (χ1n) is 9.53.